The third kappa shape index (κ3) is 3.81. The van der Waals surface area contributed by atoms with Crippen molar-refractivity contribution in [2.24, 2.45) is 0 Å². The smallest absolute Gasteiger partial charge is 0.243 e. The van der Waals surface area contributed by atoms with Crippen molar-refractivity contribution < 1.29 is 8.42 Å². The number of sulfonamides is 1. The van der Waals surface area contributed by atoms with Crippen LogP contribution < -0.4 is 5.32 Å². The van der Waals surface area contributed by atoms with Crippen LogP contribution in [0.15, 0.2) is 29.2 Å². The Morgan fingerprint density at radius 2 is 2.05 bits per heavy atom. The van der Waals surface area contributed by atoms with Gasteiger partial charge in [-0.3, -0.25) is 0 Å². The second-order valence-corrected chi connectivity index (χ2v) is 7.24. The summed E-state index contributed by atoms with van der Waals surface area (Å²) in [4.78, 5) is 0.405. The van der Waals surface area contributed by atoms with Crippen molar-refractivity contribution in [1.29, 1.82) is 0 Å². The second-order valence-electron chi connectivity index (χ2n) is 5.30. The van der Waals surface area contributed by atoms with Gasteiger partial charge in [-0.1, -0.05) is 26.0 Å². The molecule has 1 fully saturated rings. The normalized spacial score (nSPS) is 15.8. The number of nitrogens with zero attached hydrogens (tertiary/aromatic N) is 1. The molecule has 0 spiro atoms. The van der Waals surface area contributed by atoms with E-state index in [2.05, 4.69) is 5.32 Å². The third-order valence-corrected chi connectivity index (χ3v) is 5.50. The van der Waals surface area contributed by atoms with Gasteiger partial charge in [0.05, 0.1) is 4.90 Å². The second kappa shape index (κ2) is 6.70. The molecule has 1 aliphatic rings. The van der Waals surface area contributed by atoms with E-state index in [0.29, 0.717) is 24.0 Å². The zero-order valence-corrected chi connectivity index (χ0v) is 13.1. The van der Waals surface area contributed by atoms with Crippen molar-refractivity contribution in [2.75, 3.05) is 13.1 Å². The van der Waals surface area contributed by atoms with Gasteiger partial charge in [-0.2, -0.15) is 4.31 Å². The van der Waals surface area contributed by atoms with Crippen LogP contribution in [0.1, 0.15) is 38.7 Å². The van der Waals surface area contributed by atoms with Gasteiger partial charge in [-0.05, 0) is 37.0 Å². The van der Waals surface area contributed by atoms with Crippen molar-refractivity contribution >= 4 is 10.0 Å². The predicted octanol–water partition coefficient (Wildman–Crippen LogP) is 2.36. The minimum Gasteiger partial charge on any atom is -0.310 e. The molecular formula is C15H24N2O2S. The maximum atomic E-state index is 12.6. The Kier molecular flexibility index (Phi) is 5.18. The summed E-state index contributed by atoms with van der Waals surface area (Å²) in [6, 6.07) is 7.92. The molecule has 1 aliphatic carbocycles. The average molecular weight is 296 g/mol. The molecule has 0 atom stereocenters. The summed E-state index contributed by atoms with van der Waals surface area (Å²) in [6.45, 7) is 5.71. The molecule has 5 heteroatoms. The predicted molar refractivity (Wildman–Crippen MR) is 81.0 cm³/mol. The summed E-state index contributed by atoms with van der Waals surface area (Å²) in [7, 11) is -3.35. The van der Waals surface area contributed by atoms with Crippen LogP contribution in [0.4, 0.5) is 0 Å². The summed E-state index contributed by atoms with van der Waals surface area (Å²) in [5.41, 5.74) is 1.03. The van der Waals surface area contributed by atoms with Crippen LogP contribution in [-0.2, 0) is 16.6 Å². The average Bonchev–Trinajstić information content (AvgIpc) is 3.27. The van der Waals surface area contributed by atoms with E-state index in [1.807, 2.05) is 26.0 Å². The first-order valence-electron chi connectivity index (χ1n) is 7.40. The van der Waals surface area contributed by atoms with Crippen molar-refractivity contribution in [3.8, 4) is 0 Å². The zero-order chi connectivity index (χ0) is 14.6. The Balaban J connectivity index is 2.14. The lowest BCUT2D eigenvalue weighted by Gasteiger charge is -2.20. The lowest BCUT2D eigenvalue weighted by molar-refractivity contribution is 0.427. The van der Waals surface area contributed by atoms with Crippen molar-refractivity contribution in [3.63, 3.8) is 0 Å². The maximum absolute atomic E-state index is 12.6. The monoisotopic (exact) mass is 296 g/mol. The summed E-state index contributed by atoms with van der Waals surface area (Å²) in [5.74, 6) is 0. The molecule has 0 aromatic heterocycles. The first-order valence-corrected chi connectivity index (χ1v) is 8.84. The molecular weight excluding hydrogens is 272 g/mol. The van der Waals surface area contributed by atoms with Gasteiger partial charge in [-0.25, -0.2) is 8.42 Å². The fraction of sp³-hybridized carbons (Fsp3) is 0.600. The summed E-state index contributed by atoms with van der Waals surface area (Å²) < 4.78 is 26.7. The van der Waals surface area contributed by atoms with E-state index in [-0.39, 0.29) is 0 Å². The van der Waals surface area contributed by atoms with E-state index in [0.717, 1.165) is 18.5 Å². The largest absolute Gasteiger partial charge is 0.310 e. The van der Waals surface area contributed by atoms with Gasteiger partial charge in [0.2, 0.25) is 10.0 Å². The molecule has 1 aromatic rings. The Bertz CT molecular complexity index is 539. The Morgan fingerprint density at radius 3 is 2.65 bits per heavy atom. The van der Waals surface area contributed by atoms with Gasteiger partial charge in [0, 0.05) is 25.7 Å². The van der Waals surface area contributed by atoms with E-state index in [1.54, 1.807) is 16.4 Å². The first-order chi connectivity index (χ1) is 9.57. The molecule has 1 saturated carbocycles. The minimum atomic E-state index is -3.35. The molecule has 0 amide bonds. The molecule has 1 aromatic carbocycles. The molecule has 0 unspecified atom stereocenters. The standard InChI is InChI=1S/C15H24N2O2S/c1-3-10-17(4-2)20(18,19)15-7-5-6-13(11-15)12-16-14-8-9-14/h5-7,11,14,16H,3-4,8-10,12H2,1-2H3. The van der Waals surface area contributed by atoms with E-state index >= 15 is 0 Å². The number of benzene rings is 1. The molecule has 2 rings (SSSR count). The van der Waals surface area contributed by atoms with Crippen LogP contribution in [0.2, 0.25) is 0 Å². The topological polar surface area (TPSA) is 49.4 Å². The Hall–Kier alpha value is -0.910. The zero-order valence-electron chi connectivity index (χ0n) is 12.3. The molecule has 4 nitrogen and oxygen atoms in total. The van der Waals surface area contributed by atoms with Crippen molar-refractivity contribution in [2.45, 2.75) is 50.6 Å². The van der Waals surface area contributed by atoms with Crippen LogP contribution in [-0.4, -0.2) is 31.9 Å². The SMILES string of the molecule is CCCN(CC)S(=O)(=O)c1cccc(CNC2CC2)c1. The van der Waals surface area contributed by atoms with E-state index in [4.69, 9.17) is 0 Å². The molecule has 112 valence electrons. The van der Waals surface area contributed by atoms with Gasteiger partial charge in [-0.15, -0.1) is 0 Å². The number of hydrogen-bond acceptors (Lipinski definition) is 3. The molecule has 0 aliphatic heterocycles. The van der Waals surface area contributed by atoms with Crippen LogP contribution >= 0.6 is 0 Å². The number of nitrogens with one attached hydrogen (secondary N) is 1. The fourth-order valence-electron chi connectivity index (χ4n) is 2.21. The highest BCUT2D eigenvalue weighted by atomic mass is 32.2. The molecule has 1 N–H and O–H groups in total. The highest BCUT2D eigenvalue weighted by molar-refractivity contribution is 7.89. The van der Waals surface area contributed by atoms with Gasteiger partial charge in [0.15, 0.2) is 0 Å². The minimum absolute atomic E-state index is 0.405. The molecule has 0 bridgehead atoms. The van der Waals surface area contributed by atoms with E-state index in [9.17, 15) is 8.42 Å². The van der Waals surface area contributed by atoms with E-state index < -0.39 is 10.0 Å². The van der Waals surface area contributed by atoms with Crippen LogP contribution in [0.5, 0.6) is 0 Å². The number of rotatable bonds is 8. The Morgan fingerprint density at radius 1 is 1.30 bits per heavy atom. The summed E-state index contributed by atoms with van der Waals surface area (Å²) >= 11 is 0. The third-order valence-electron chi connectivity index (χ3n) is 3.53. The van der Waals surface area contributed by atoms with Crippen molar-refractivity contribution in [1.82, 2.24) is 9.62 Å². The van der Waals surface area contributed by atoms with Gasteiger partial charge >= 0.3 is 0 Å². The van der Waals surface area contributed by atoms with Gasteiger partial charge in [0.1, 0.15) is 0 Å². The first kappa shape index (κ1) is 15.5. The van der Waals surface area contributed by atoms with E-state index in [1.165, 1.54) is 12.8 Å². The molecule has 0 saturated heterocycles. The highest BCUT2D eigenvalue weighted by Gasteiger charge is 2.23. The lowest BCUT2D eigenvalue weighted by Crippen LogP contribution is -2.31. The lowest BCUT2D eigenvalue weighted by atomic mass is 10.2. The van der Waals surface area contributed by atoms with Gasteiger partial charge < -0.3 is 5.32 Å². The van der Waals surface area contributed by atoms with Crippen LogP contribution in [0.3, 0.4) is 0 Å². The molecule has 0 radical (unpaired) electrons. The highest BCUT2D eigenvalue weighted by Crippen LogP contribution is 2.21. The summed E-state index contributed by atoms with van der Waals surface area (Å²) in [5, 5.41) is 3.41. The van der Waals surface area contributed by atoms with Crippen molar-refractivity contribution in [3.05, 3.63) is 29.8 Å². The fourth-order valence-corrected chi connectivity index (χ4v) is 3.82. The molecule has 20 heavy (non-hydrogen) atoms. The van der Waals surface area contributed by atoms with Crippen LogP contribution in [0.25, 0.3) is 0 Å². The number of hydrogen-bond donors (Lipinski definition) is 1. The Labute approximate surface area is 122 Å². The maximum Gasteiger partial charge on any atom is 0.243 e. The summed E-state index contributed by atoms with van der Waals surface area (Å²) in [6.07, 6.45) is 3.30. The van der Waals surface area contributed by atoms with Crippen LogP contribution in [0, 0.1) is 0 Å². The van der Waals surface area contributed by atoms with Gasteiger partial charge in [0.25, 0.3) is 0 Å². The molecule has 0 heterocycles. The quantitative estimate of drug-likeness (QED) is 0.801.